The summed E-state index contributed by atoms with van der Waals surface area (Å²) in [6, 6.07) is 10.0. The fraction of sp³-hybridized carbons (Fsp3) is 0.333. The Kier molecular flexibility index (Phi) is 4.19. The van der Waals surface area contributed by atoms with Crippen LogP contribution in [0.4, 0.5) is 5.69 Å². The van der Waals surface area contributed by atoms with E-state index in [9.17, 15) is 9.59 Å². The lowest BCUT2D eigenvalue weighted by Gasteiger charge is -2.32. The number of hydrogen-bond acceptors (Lipinski definition) is 4. The number of aromatic nitrogens is 4. The molecule has 8 heteroatoms. The second-order valence-corrected chi connectivity index (χ2v) is 7.90. The van der Waals surface area contributed by atoms with E-state index in [2.05, 4.69) is 25.9 Å². The van der Waals surface area contributed by atoms with E-state index in [1.807, 2.05) is 36.5 Å². The zero-order valence-corrected chi connectivity index (χ0v) is 15.9. The van der Waals surface area contributed by atoms with E-state index >= 15 is 0 Å². The fourth-order valence-corrected chi connectivity index (χ4v) is 4.36. The van der Waals surface area contributed by atoms with Crippen molar-refractivity contribution in [2.24, 2.45) is 0 Å². The standard InChI is InChI=1S/C21H22N6O2/c28-18-7-9-21(24-18)8-6-16-17(10-21)25-26-19(16)20(29)23-15-11-22-27(13-15)12-14-4-2-1-3-5-14/h1-5,11,13H,6-10,12H2,(H,23,29)(H,24,28)(H,25,26). The molecule has 29 heavy (non-hydrogen) atoms. The molecule has 0 radical (unpaired) electrons. The molecule has 3 aromatic rings. The van der Waals surface area contributed by atoms with Gasteiger partial charge in [-0.3, -0.25) is 19.4 Å². The molecule has 0 bridgehead atoms. The molecule has 1 fully saturated rings. The molecule has 1 spiro atoms. The van der Waals surface area contributed by atoms with Crippen LogP contribution >= 0.6 is 0 Å². The van der Waals surface area contributed by atoms with Gasteiger partial charge in [-0.15, -0.1) is 0 Å². The van der Waals surface area contributed by atoms with Crippen molar-refractivity contribution in [1.82, 2.24) is 25.3 Å². The molecule has 1 aliphatic heterocycles. The van der Waals surface area contributed by atoms with Gasteiger partial charge >= 0.3 is 0 Å². The van der Waals surface area contributed by atoms with Crippen LogP contribution in [0.2, 0.25) is 0 Å². The van der Waals surface area contributed by atoms with Gasteiger partial charge in [0.05, 0.1) is 18.4 Å². The molecule has 2 amide bonds. The summed E-state index contributed by atoms with van der Waals surface area (Å²) in [4.78, 5) is 24.4. The Bertz CT molecular complexity index is 1070. The van der Waals surface area contributed by atoms with Crippen LogP contribution in [0, 0.1) is 0 Å². The maximum atomic E-state index is 12.8. The van der Waals surface area contributed by atoms with Gasteiger partial charge < -0.3 is 10.6 Å². The number of amides is 2. The Morgan fingerprint density at radius 3 is 2.83 bits per heavy atom. The average Bonchev–Trinajstić information content (AvgIpc) is 3.42. The first kappa shape index (κ1) is 17.7. The lowest BCUT2D eigenvalue weighted by molar-refractivity contribution is -0.119. The second kappa shape index (κ2) is 6.88. The molecule has 1 unspecified atom stereocenters. The monoisotopic (exact) mass is 390 g/mol. The normalized spacial score (nSPS) is 20.5. The first-order valence-electron chi connectivity index (χ1n) is 9.85. The number of carbonyl (C=O) groups excluding carboxylic acids is 2. The Morgan fingerprint density at radius 1 is 1.21 bits per heavy atom. The minimum absolute atomic E-state index is 0.110. The average molecular weight is 390 g/mol. The van der Waals surface area contributed by atoms with Crippen LogP contribution in [-0.2, 0) is 24.2 Å². The highest BCUT2D eigenvalue weighted by Gasteiger charge is 2.42. The van der Waals surface area contributed by atoms with Crippen molar-refractivity contribution in [2.75, 3.05) is 5.32 Å². The molecule has 1 aliphatic carbocycles. The zero-order chi connectivity index (χ0) is 19.8. The maximum absolute atomic E-state index is 12.8. The highest BCUT2D eigenvalue weighted by Crippen LogP contribution is 2.35. The van der Waals surface area contributed by atoms with Crippen LogP contribution in [0.25, 0.3) is 0 Å². The molecular formula is C21H22N6O2. The lowest BCUT2D eigenvalue weighted by atomic mass is 9.79. The summed E-state index contributed by atoms with van der Waals surface area (Å²) in [6.45, 7) is 0.641. The number of nitrogens with zero attached hydrogens (tertiary/aromatic N) is 3. The van der Waals surface area contributed by atoms with Gasteiger partial charge in [0.1, 0.15) is 0 Å². The van der Waals surface area contributed by atoms with E-state index in [-0.39, 0.29) is 17.4 Å². The summed E-state index contributed by atoms with van der Waals surface area (Å²) in [6.07, 6.45) is 7.12. The molecular weight excluding hydrogens is 368 g/mol. The summed E-state index contributed by atoms with van der Waals surface area (Å²) in [5.41, 5.74) is 3.92. The van der Waals surface area contributed by atoms with E-state index in [0.717, 1.165) is 36.1 Å². The van der Waals surface area contributed by atoms with Gasteiger partial charge in [-0.25, -0.2) is 0 Å². The van der Waals surface area contributed by atoms with Crippen LogP contribution in [-0.4, -0.2) is 37.3 Å². The Morgan fingerprint density at radius 2 is 2.03 bits per heavy atom. The highest BCUT2D eigenvalue weighted by molar-refractivity contribution is 6.04. The van der Waals surface area contributed by atoms with Crippen molar-refractivity contribution in [3.63, 3.8) is 0 Å². The van der Waals surface area contributed by atoms with Gasteiger partial charge in [0, 0.05) is 35.8 Å². The third kappa shape index (κ3) is 3.41. The van der Waals surface area contributed by atoms with E-state index in [4.69, 9.17) is 0 Å². The van der Waals surface area contributed by atoms with E-state index < -0.39 is 0 Å². The van der Waals surface area contributed by atoms with Crippen molar-refractivity contribution in [2.45, 2.75) is 44.2 Å². The first-order valence-corrected chi connectivity index (χ1v) is 9.85. The third-order valence-corrected chi connectivity index (χ3v) is 5.85. The molecule has 1 saturated heterocycles. The number of carbonyl (C=O) groups is 2. The predicted molar refractivity (Wildman–Crippen MR) is 106 cm³/mol. The molecule has 1 aromatic carbocycles. The molecule has 148 valence electrons. The topological polar surface area (TPSA) is 105 Å². The number of hydrogen-bond donors (Lipinski definition) is 3. The van der Waals surface area contributed by atoms with Gasteiger partial charge in [0.2, 0.25) is 5.91 Å². The Balaban J connectivity index is 1.27. The van der Waals surface area contributed by atoms with Gasteiger partial charge in [-0.05, 0) is 24.8 Å². The van der Waals surface area contributed by atoms with E-state index in [0.29, 0.717) is 30.8 Å². The molecule has 1 atom stereocenters. The maximum Gasteiger partial charge on any atom is 0.276 e. The minimum atomic E-state index is -0.242. The van der Waals surface area contributed by atoms with E-state index in [1.54, 1.807) is 10.9 Å². The summed E-state index contributed by atoms with van der Waals surface area (Å²) in [5.74, 6) is -0.133. The van der Waals surface area contributed by atoms with Gasteiger partial charge in [0.15, 0.2) is 5.69 Å². The number of rotatable bonds is 4. The number of nitrogens with one attached hydrogen (secondary N) is 3. The Labute approximate surface area is 167 Å². The SMILES string of the molecule is O=C1CCC2(CCc3c(C(=O)Nc4cnn(Cc5ccccc5)c4)n[nH]c3C2)N1. The van der Waals surface area contributed by atoms with Crippen LogP contribution in [0.3, 0.4) is 0 Å². The van der Waals surface area contributed by atoms with Crippen molar-refractivity contribution in [3.8, 4) is 0 Å². The molecule has 5 rings (SSSR count). The molecule has 2 aliphatic rings. The highest BCUT2D eigenvalue weighted by atomic mass is 16.2. The number of benzene rings is 1. The number of aromatic amines is 1. The molecule has 8 nitrogen and oxygen atoms in total. The van der Waals surface area contributed by atoms with Crippen LogP contribution in [0.5, 0.6) is 0 Å². The minimum Gasteiger partial charge on any atom is -0.350 e. The number of anilines is 1. The fourth-order valence-electron chi connectivity index (χ4n) is 4.36. The summed E-state index contributed by atoms with van der Waals surface area (Å²) < 4.78 is 1.79. The van der Waals surface area contributed by atoms with Crippen LogP contribution in [0.15, 0.2) is 42.7 Å². The molecule has 3 N–H and O–H groups in total. The summed E-state index contributed by atoms with van der Waals surface area (Å²) in [7, 11) is 0. The summed E-state index contributed by atoms with van der Waals surface area (Å²) >= 11 is 0. The molecule has 2 aromatic heterocycles. The number of H-pyrrole nitrogens is 1. The second-order valence-electron chi connectivity index (χ2n) is 7.90. The first-order chi connectivity index (χ1) is 14.1. The van der Waals surface area contributed by atoms with Crippen LogP contribution < -0.4 is 10.6 Å². The van der Waals surface area contributed by atoms with Gasteiger partial charge in [0.25, 0.3) is 5.91 Å². The molecule has 3 heterocycles. The number of fused-ring (bicyclic) bond motifs is 1. The van der Waals surface area contributed by atoms with Crippen molar-refractivity contribution in [3.05, 3.63) is 65.2 Å². The van der Waals surface area contributed by atoms with Gasteiger partial charge in [-0.2, -0.15) is 10.2 Å². The predicted octanol–water partition coefficient (Wildman–Crippen LogP) is 2.04. The van der Waals surface area contributed by atoms with Crippen molar-refractivity contribution in [1.29, 1.82) is 0 Å². The smallest absolute Gasteiger partial charge is 0.276 e. The van der Waals surface area contributed by atoms with E-state index in [1.165, 1.54) is 0 Å². The van der Waals surface area contributed by atoms with Crippen molar-refractivity contribution >= 4 is 17.5 Å². The zero-order valence-electron chi connectivity index (χ0n) is 15.9. The van der Waals surface area contributed by atoms with Crippen LogP contribution in [0.1, 0.15) is 46.6 Å². The van der Waals surface area contributed by atoms with Gasteiger partial charge in [-0.1, -0.05) is 30.3 Å². The van der Waals surface area contributed by atoms with Crippen molar-refractivity contribution < 1.29 is 9.59 Å². The lowest BCUT2D eigenvalue weighted by Crippen LogP contribution is -2.46. The quantitative estimate of drug-likeness (QED) is 0.634. The summed E-state index contributed by atoms with van der Waals surface area (Å²) in [5, 5.41) is 17.6. The Hall–Kier alpha value is -3.42. The third-order valence-electron chi connectivity index (χ3n) is 5.85. The largest absolute Gasteiger partial charge is 0.350 e. The molecule has 0 saturated carbocycles.